The van der Waals surface area contributed by atoms with E-state index in [0.29, 0.717) is 0 Å². The van der Waals surface area contributed by atoms with Crippen molar-refractivity contribution in [1.29, 1.82) is 0 Å². The van der Waals surface area contributed by atoms with Crippen molar-refractivity contribution in [3.05, 3.63) is 24.3 Å². The van der Waals surface area contributed by atoms with Crippen LogP contribution in [0.25, 0.3) is 0 Å². The predicted molar refractivity (Wildman–Crippen MR) is 74.2 cm³/mol. The lowest BCUT2D eigenvalue weighted by molar-refractivity contribution is 0.593. The van der Waals surface area contributed by atoms with Gasteiger partial charge in [0.1, 0.15) is 0 Å². The van der Waals surface area contributed by atoms with Crippen LogP contribution in [0, 0.1) is 0 Å². The Labute approximate surface area is 113 Å². The van der Waals surface area contributed by atoms with Crippen molar-refractivity contribution < 1.29 is 8.42 Å². The second-order valence-electron chi connectivity index (χ2n) is 3.70. The third-order valence-corrected chi connectivity index (χ3v) is 6.53. The van der Waals surface area contributed by atoms with Crippen LogP contribution in [0.15, 0.2) is 29.2 Å². The molecule has 0 heterocycles. The molecule has 0 N–H and O–H groups in total. The first-order valence-electron chi connectivity index (χ1n) is 4.56. The van der Waals surface area contributed by atoms with E-state index in [9.17, 15) is 8.42 Å². The molecule has 0 amide bonds. The molecule has 0 aromatic heterocycles. The van der Waals surface area contributed by atoms with Crippen molar-refractivity contribution in [2.45, 2.75) is 14.4 Å². The van der Waals surface area contributed by atoms with Crippen molar-refractivity contribution in [2.24, 2.45) is 0 Å². The number of nitrogens with zero attached hydrogens (tertiary/aromatic N) is 1. The lowest BCUT2D eigenvalue weighted by Crippen LogP contribution is -2.21. The fourth-order valence-corrected chi connectivity index (χ4v) is 3.16. The normalized spacial score (nSPS) is 12.6. The molecule has 1 aromatic carbocycles. The van der Waals surface area contributed by atoms with Crippen molar-refractivity contribution in [3.8, 4) is 0 Å². The van der Waals surface area contributed by atoms with Gasteiger partial charge in [-0.25, -0.2) is 8.42 Å². The average molecular weight is 371 g/mol. The second kappa shape index (κ2) is 4.66. The summed E-state index contributed by atoms with van der Waals surface area (Å²) in [5.74, 6) is 0. The molecule has 0 radical (unpaired) electrons. The van der Waals surface area contributed by atoms with E-state index in [1.165, 1.54) is 0 Å². The fourth-order valence-electron chi connectivity index (χ4n) is 1.13. The number of benzene rings is 1. The number of anilines is 1. The van der Waals surface area contributed by atoms with Crippen molar-refractivity contribution >= 4 is 47.4 Å². The summed E-state index contributed by atoms with van der Waals surface area (Å²) in [6, 6.07) is 6.76. The maximum atomic E-state index is 12.0. The zero-order valence-electron chi connectivity index (χ0n) is 9.24. The number of hydrogen-bond acceptors (Lipinski definition) is 3. The molecule has 0 unspecified atom stereocenters. The molecular weight excluding hydrogens is 358 g/mol. The Kier molecular flexibility index (Phi) is 4.08. The lowest BCUT2D eigenvalue weighted by Gasteiger charge is -2.17. The van der Waals surface area contributed by atoms with E-state index >= 15 is 0 Å². The highest BCUT2D eigenvalue weighted by Gasteiger charge is 2.34. The molecular formula is C10H13Br2NO2S. The van der Waals surface area contributed by atoms with E-state index in [1.54, 1.807) is 31.2 Å². The summed E-state index contributed by atoms with van der Waals surface area (Å²) in [4.78, 5) is 2.20. The number of rotatable bonds is 3. The van der Waals surface area contributed by atoms with Crippen molar-refractivity contribution in [1.82, 2.24) is 0 Å². The summed E-state index contributed by atoms with van der Waals surface area (Å²) in [6.45, 7) is 1.54. The van der Waals surface area contributed by atoms with Gasteiger partial charge in [0.15, 0.2) is 2.57 Å². The molecule has 16 heavy (non-hydrogen) atoms. The molecule has 0 fully saturated rings. The summed E-state index contributed by atoms with van der Waals surface area (Å²) < 4.78 is 22.9. The Hall–Kier alpha value is -0.0700. The van der Waals surface area contributed by atoms with E-state index in [4.69, 9.17) is 0 Å². The fraction of sp³-hybridized carbons (Fsp3) is 0.400. The molecule has 0 saturated carbocycles. The molecule has 6 heteroatoms. The van der Waals surface area contributed by atoms with Gasteiger partial charge in [-0.3, -0.25) is 0 Å². The summed E-state index contributed by atoms with van der Waals surface area (Å²) in [5, 5.41) is 0. The zero-order valence-corrected chi connectivity index (χ0v) is 13.2. The smallest absolute Gasteiger partial charge is 0.203 e. The van der Waals surface area contributed by atoms with Crippen molar-refractivity contribution in [2.75, 3.05) is 19.0 Å². The zero-order chi connectivity index (χ0) is 12.6. The summed E-state index contributed by atoms with van der Waals surface area (Å²) in [6.07, 6.45) is 0. The Morgan fingerprint density at radius 2 is 1.56 bits per heavy atom. The number of hydrogen-bond donors (Lipinski definition) is 0. The van der Waals surface area contributed by atoms with Crippen molar-refractivity contribution in [3.63, 3.8) is 0 Å². The maximum Gasteiger partial charge on any atom is 0.203 e. The topological polar surface area (TPSA) is 37.4 Å². The molecule has 3 nitrogen and oxygen atoms in total. The third-order valence-electron chi connectivity index (χ3n) is 2.14. The Morgan fingerprint density at radius 3 is 1.88 bits per heavy atom. The van der Waals surface area contributed by atoms with Crippen LogP contribution in [0.1, 0.15) is 6.92 Å². The van der Waals surface area contributed by atoms with Crippen LogP contribution in [0.2, 0.25) is 0 Å². The molecule has 0 aliphatic rings. The van der Waals surface area contributed by atoms with Gasteiger partial charge in [-0.15, -0.1) is 0 Å². The Bertz CT molecular complexity index is 461. The van der Waals surface area contributed by atoms with E-state index in [2.05, 4.69) is 31.9 Å². The molecule has 1 rings (SSSR count). The van der Waals surface area contributed by atoms with E-state index in [0.717, 1.165) is 5.69 Å². The lowest BCUT2D eigenvalue weighted by atomic mass is 10.3. The highest BCUT2D eigenvalue weighted by molar-refractivity contribution is 9.27. The number of halogens is 2. The standard InChI is InChI=1S/C10H13Br2NO2S/c1-10(11,12)16(14,15)9-6-4-8(5-7-9)13(2)3/h4-7H,1-3H3. The minimum Gasteiger partial charge on any atom is -0.378 e. The van der Waals surface area contributed by atoms with Crippen LogP contribution in [-0.2, 0) is 9.84 Å². The predicted octanol–water partition coefficient (Wildman–Crippen LogP) is 2.99. The van der Waals surface area contributed by atoms with Gasteiger partial charge in [-0.05, 0) is 31.2 Å². The Morgan fingerprint density at radius 1 is 1.12 bits per heavy atom. The van der Waals surface area contributed by atoms with Gasteiger partial charge in [0.05, 0.1) is 4.90 Å². The van der Waals surface area contributed by atoms with Gasteiger partial charge >= 0.3 is 0 Å². The number of sulfone groups is 1. The second-order valence-corrected chi connectivity index (χ2v) is 11.3. The van der Waals surface area contributed by atoms with Gasteiger partial charge in [0.2, 0.25) is 9.84 Å². The van der Waals surface area contributed by atoms with E-state index in [1.807, 2.05) is 19.0 Å². The molecule has 0 spiro atoms. The minimum atomic E-state index is -3.40. The molecule has 0 atom stereocenters. The third kappa shape index (κ3) is 2.78. The molecule has 1 aromatic rings. The largest absolute Gasteiger partial charge is 0.378 e. The van der Waals surface area contributed by atoms with Gasteiger partial charge in [0, 0.05) is 19.8 Å². The first-order chi connectivity index (χ1) is 7.16. The van der Waals surface area contributed by atoms with Gasteiger partial charge < -0.3 is 4.90 Å². The average Bonchev–Trinajstić information content (AvgIpc) is 2.16. The van der Waals surface area contributed by atoms with Crippen LogP contribution >= 0.6 is 31.9 Å². The van der Waals surface area contributed by atoms with Gasteiger partial charge in [0.25, 0.3) is 0 Å². The van der Waals surface area contributed by atoms with E-state index in [-0.39, 0.29) is 4.90 Å². The van der Waals surface area contributed by atoms with Crippen LogP contribution in [0.5, 0.6) is 0 Å². The van der Waals surface area contributed by atoms with Crippen LogP contribution in [0.3, 0.4) is 0 Å². The molecule has 0 saturated heterocycles. The highest BCUT2D eigenvalue weighted by atomic mass is 79.9. The molecule has 0 aliphatic carbocycles. The van der Waals surface area contributed by atoms with Gasteiger partial charge in [-0.1, -0.05) is 31.9 Å². The Balaban J connectivity index is 3.18. The maximum absolute atomic E-state index is 12.0. The quantitative estimate of drug-likeness (QED) is 0.767. The van der Waals surface area contributed by atoms with Crippen LogP contribution < -0.4 is 4.90 Å². The highest BCUT2D eigenvalue weighted by Crippen LogP contribution is 2.37. The first kappa shape index (κ1) is 14.0. The van der Waals surface area contributed by atoms with Gasteiger partial charge in [-0.2, -0.15) is 0 Å². The SMILES string of the molecule is CN(C)c1ccc(S(=O)(=O)C(C)(Br)Br)cc1. The minimum absolute atomic E-state index is 0.286. The monoisotopic (exact) mass is 369 g/mol. The summed E-state index contributed by atoms with van der Waals surface area (Å²) in [7, 11) is 0.407. The number of alkyl halides is 2. The molecule has 90 valence electrons. The summed E-state index contributed by atoms with van der Waals surface area (Å²) >= 11 is 6.21. The van der Waals surface area contributed by atoms with Crippen LogP contribution in [0.4, 0.5) is 5.69 Å². The van der Waals surface area contributed by atoms with E-state index < -0.39 is 12.4 Å². The summed E-state index contributed by atoms with van der Waals surface area (Å²) in [5.41, 5.74) is 0.963. The first-order valence-corrected chi connectivity index (χ1v) is 7.63. The molecule has 0 aliphatic heterocycles. The van der Waals surface area contributed by atoms with Crippen LogP contribution in [-0.4, -0.2) is 25.1 Å². The molecule has 0 bridgehead atoms.